The molecular weight excluding hydrogens is 326 g/mol. The van der Waals surface area contributed by atoms with Crippen molar-refractivity contribution < 1.29 is 9.59 Å². The molecule has 0 bridgehead atoms. The minimum absolute atomic E-state index is 0.0586. The number of carbonyl (C=O) groups excluding carboxylic acids is 2. The van der Waals surface area contributed by atoms with Crippen LogP contribution in [0.3, 0.4) is 0 Å². The van der Waals surface area contributed by atoms with Gasteiger partial charge in [0.05, 0.1) is 19.1 Å². The smallest absolute Gasteiger partial charge is 0.234 e. The van der Waals surface area contributed by atoms with E-state index in [4.69, 9.17) is 0 Å². The van der Waals surface area contributed by atoms with Crippen molar-refractivity contribution in [3.63, 3.8) is 0 Å². The average Bonchev–Trinajstić information content (AvgIpc) is 2.59. The highest BCUT2D eigenvalue weighted by Crippen LogP contribution is 2.23. The van der Waals surface area contributed by atoms with Crippen LogP contribution in [0.2, 0.25) is 0 Å². The van der Waals surface area contributed by atoms with Crippen molar-refractivity contribution in [2.75, 3.05) is 19.6 Å². The third kappa shape index (κ3) is 5.56. The fourth-order valence-corrected chi connectivity index (χ4v) is 3.05. The molecule has 2 rings (SSSR count). The molecule has 0 aromatic heterocycles. The Hall–Kier alpha value is -2.40. The summed E-state index contributed by atoms with van der Waals surface area (Å²) < 4.78 is 0. The lowest BCUT2D eigenvalue weighted by molar-refractivity contribution is -0.125. The van der Waals surface area contributed by atoms with E-state index in [0.29, 0.717) is 6.54 Å². The molecular formula is C21H29N3O2. The summed E-state index contributed by atoms with van der Waals surface area (Å²) in [6.07, 6.45) is 0. The summed E-state index contributed by atoms with van der Waals surface area (Å²) in [5.74, 6) is -0.138. The van der Waals surface area contributed by atoms with Gasteiger partial charge in [-0.3, -0.25) is 14.5 Å². The molecule has 2 aromatic rings. The largest absolute Gasteiger partial charge is 0.353 e. The maximum absolute atomic E-state index is 12.5. The van der Waals surface area contributed by atoms with Crippen LogP contribution in [0.25, 0.3) is 10.8 Å². The molecule has 5 heteroatoms. The molecule has 0 fully saturated rings. The highest BCUT2D eigenvalue weighted by molar-refractivity contribution is 5.87. The van der Waals surface area contributed by atoms with Crippen LogP contribution in [0.1, 0.15) is 39.3 Å². The summed E-state index contributed by atoms with van der Waals surface area (Å²) in [6.45, 7) is 8.86. The summed E-state index contributed by atoms with van der Waals surface area (Å²) in [6, 6.07) is 14.3. The monoisotopic (exact) mass is 355 g/mol. The van der Waals surface area contributed by atoms with Gasteiger partial charge >= 0.3 is 0 Å². The Morgan fingerprint density at radius 2 is 1.54 bits per heavy atom. The number of hydrogen-bond donors (Lipinski definition) is 2. The van der Waals surface area contributed by atoms with Gasteiger partial charge in [-0.2, -0.15) is 0 Å². The van der Waals surface area contributed by atoms with Gasteiger partial charge in [-0.1, -0.05) is 49.4 Å². The zero-order valence-corrected chi connectivity index (χ0v) is 16.1. The number of likely N-dealkylation sites (N-methyl/N-ethyl adjacent to an activating group) is 1. The minimum Gasteiger partial charge on any atom is -0.353 e. The van der Waals surface area contributed by atoms with Crippen molar-refractivity contribution in [1.82, 2.24) is 15.5 Å². The number of hydrogen-bond acceptors (Lipinski definition) is 3. The lowest BCUT2D eigenvalue weighted by atomic mass is 10.00. The van der Waals surface area contributed by atoms with Gasteiger partial charge in [-0.25, -0.2) is 0 Å². The number of carbonyl (C=O) groups is 2. The maximum Gasteiger partial charge on any atom is 0.234 e. The Kier molecular flexibility index (Phi) is 7.16. The summed E-state index contributed by atoms with van der Waals surface area (Å²) in [4.78, 5) is 26.2. The molecule has 2 amide bonds. The van der Waals surface area contributed by atoms with E-state index in [-0.39, 0.29) is 37.0 Å². The van der Waals surface area contributed by atoms with Crippen molar-refractivity contribution in [2.45, 2.75) is 39.8 Å². The molecule has 0 saturated heterocycles. The van der Waals surface area contributed by atoms with Crippen LogP contribution in [-0.4, -0.2) is 42.4 Å². The molecule has 2 N–H and O–H groups in total. The van der Waals surface area contributed by atoms with Gasteiger partial charge in [-0.15, -0.1) is 0 Å². The van der Waals surface area contributed by atoms with Crippen molar-refractivity contribution in [3.8, 4) is 0 Å². The van der Waals surface area contributed by atoms with Crippen LogP contribution in [-0.2, 0) is 9.59 Å². The van der Waals surface area contributed by atoms with E-state index in [1.807, 2.05) is 56.9 Å². The molecule has 140 valence electrons. The van der Waals surface area contributed by atoms with Gasteiger partial charge < -0.3 is 10.6 Å². The van der Waals surface area contributed by atoms with Gasteiger partial charge in [0, 0.05) is 6.04 Å². The minimum atomic E-state index is -0.100. The fourth-order valence-electron chi connectivity index (χ4n) is 3.05. The maximum atomic E-state index is 12.5. The molecule has 0 radical (unpaired) electrons. The highest BCUT2D eigenvalue weighted by atomic mass is 16.2. The second-order valence-electron chi connectivity index (χ2n) is 6.88. The fraction of sp³-hybridized carbons (Fsp3) is 0.429. The summed E-state index contributed by atoms with van der Waals surface area (Å²) in [5, 5.41) is 8.21. The van der Waals surface area contributed by atoms with E-state index in [2.05, 4.69) is 28.8 Å². The Balaban J connectivity index is 1.98. The van der Waals surface area contributed by atoms with Crippen LogP contribution in [0.15, 0.2) is 42.5 Å². The first-order chi connectivity index (χ1) is 12.4. The molecule has 0 aliphatic rings. The topological polar surface area (TPSA) is 61.4 Å². The highest BCUT2D eigenvalue weighted by Gasteiger charge is 2.16. The van der Waals surface area contributed by atoms with Gasteiger partial charge in [0.25, 0.3) is 0 Å². The Morgan fingerprint density at radius 3 is 2.19 bits per heavy atom. The van der Waals surface area contributed by atoms with Gasteiger partial charge in [0.15, 0.2) is 0 Å². The van der Waals surface area contributed by atoms with Crippen molar-refractivity contribution in [2.24, 2.45) is 0 Å². The normalized spacial score (nSPS) is 12.4. The molecule has 0 unspecified atom stereocenters. The molecule has 26 heavy (non-hydrogen) atoms. The summed E-state index contributed by atoms with van der Waals surface area (Å²) >= 11 is 0. The zero-order chi connectivity index (χ0) is 19.1. The second-order valence-corrected chi connectivity index (χ2v) is 6.88. The molecule has 0 heterocycles. The summed E-state index contributed by atoms with van der Waals surface area (Å²) in [5.41, 5.74) is 1.09. The van der Waals surface area contributed by atoms with Crippen molar-refractivity contribution >= 4 is 22.6 Å². The predicted molar refractivity (Wildman–Crippen MR) is 106 cm³/mol. The first-order valence-electron chi connectivity index (χ1n) is 9.19. The van der Waals surface area contributed by atoms with E-state index in [1.54, 1.807) is 0 Å². The van der Waals surface area contributed by atoms with Crippen molar-refractivity contribution in [3.05, 3.63) is 48.0 Å². The van der Waals surface area contributed by atoms with Crippen molar-refractivity contribution in [1.29, 1.82) is 0 Å². The van der Waals surface area contributed by atoms with Gasteiger partial charge in [-0.05, 0) is 43.7 Å². The second kappa shape index (κ2) is 9.34. The van der Waals surface area contributed by atoms with E-state index >= 15 is 0 Å². The lowest BCUT2D eigenvalue weighted by Crippen LogP contribution is -2.44. The number of fused-ring (bicyclic) bond motifs is 1. The van der Waals surface area contributed by atoms with Crippen LogP contribution in [0.5, 0.6) is 0 Å². The average molecular weight is 355 g/mol. The zero-order valence-electron chi connectivity index (χ0n) is 16.1. The predicted octanol–water partition coefficient (Wildman–Crippen LogP) is 2.86. The molecule has 0 aliphatic carbocycles. The molecule has 2 aromatic carbocycles. The lowest BCUT2D eigenvalue weighted by Gasteiger charge is -2.22. The molecule has 0 aliphatic heterocycles. The number of nitrogens with zero attached hydrogens (tertiary/aromatic N) is 1. The van der Waals surface area contributed by atoms with Gasteiger partial charge in [0.2, 0.25) is 11.8 Å². The van der Waals surface area contributed by atoms with Crippen LogP contribution in [0.4, 0.5) is 0 Å². The van der Waals surface area contributed by atoms with Crippen LogP contribution >= 0.6 is 0 Å². The molecule has 0 spiro atoms. The van der Waals surface area contributed by atoms with E-state index in [9.17, 15) is 9.59 Å². The van der Waals surface area contributed by atoms with Gasteiger partial charge in [0.1, 0.15) is 0 Å². The number of amides is 2. The Bertz CT molecular complexity index is 753. The molecule has 5 nitrogen and oxygen atoms in total. The standard InChI is InChI=1S/C21H29N3O2/c1-5-24(13-20(25)22-15(2)3)14-21(26)23-16(4)18-12-8-10-17-9-6-7-11-19(17)18/h6-12,15-16H,5,13-14H2,1-4H3,(H,22,25)(H,23,26)/t16-/m0/s1. The van der Waals surface area contributed by atoms with E-state index < -0.39 is 0 Å². The Labute approximate surface area is 155 Å². The van der Waals surface area contributed by atoms with Crippen LogP contribution in [0, 0.1) is 0 Å². The Morgan fingerprint density at radius 1 is 0.923 bits per heavy atom. The molecule has 1 atom stereocenters. The number of rotatable bonds is 8. The first-order valence-corrected chi connectivity index (χ1v) is 9.19. The third-order valence-corrected chi connectivity index (χ3v) is 4.30. The van der Waals surface area contributed by atoms with E-state index in [0.717, 1.165) is 16.3 Å². The summed E-state index contributed by atoms with van der Waals surface area (Å²) in [7, 11) is 0. The number of benzene rings is 2. The quantitative estimate of drug-likeness (QED) is 0.765. The third-order valence-electron chi connectivity index (χ3n) is 4.30. The SMILES string of the molecule is CCN(CC(=O)NC(C)C)CC(=O)N[C@@H](C)c1cccc2ccccc12. The van der Waals surface area contributed by atoms with E-state index in [1.165, 1.54) is 0 Å². The van der Waals surface area contributed by atoms with Crippen LogP contribution < -0.4 is 10.6 Å². The molecule has 0 saturated carbocycles. The number of nitrogens with one attached hydrogen (secondary N) is 2. The first kappa shape index (κ1) is 19.9.